The highest BCUT2D eigenvalue weighted by Crippen LogP contribution is 2.43. The highest BCUT2D eigenvalue weighted by Gasteiger charge is 2.33. The number of carbonyl (C=O) groups is 1. The summed E-state index contributed by atoms with van der Waals surface area (Å²) in [5, 5.41) is 0. The Morgan fingerprint density at radius 3 is 2.72 bits per heavy atom. The Morgan fingerprint density at radius 2 is 2.06 bits per heavy atom. The molecule has 0 aliphatic heterocycles. The van der Waals surface area contributed by atoms with Gasteiger partial charge < -0.3 is 4.79 Å². The van der Waals surface area contributed by atoms with Gasteiger partial charge in [0, 0.05) is 17.1 Å². The second kappa shape index (κ2) is 5.75. The van der Waals surface area contributed by atoms with Gasteiger partial charge in [0.05, 0.1) is 0 Å². The Labute approximate surface area is 114 Å². The summed E-state index contributed by atoms with van der Waals surface area (Å²) >= 11 is 1.88. The van der Waals surface area contributed by atoms with Crippen molar-refractivity contribution in [2.45, 2.75) is 31.6 Å². The summed E-state index contributed by atoms with van der Waals surface area (Å²) in [5.74, 6) is 1.53. The standard InChI is InChI=1S/C16H20OS/c1-16(2)11-13(10-14(16)8-9-17)12-18-15-6-4-3-5-7-15/h3-7,9,11,14H,8,10,12H2,1-2H3/t14-/m0/s1. The average molecular weight is 260 g/mol. The highest BCUT2D eigenvalue weighted by atomic mass is 32.2. The molecule has 0 aromatic heterocycles. The Morgan fingerprint density at radius 1 is 1.33 bits per heavy atom. The largest absolute Gasteiger partial charge is 0.303 e. The van der Waals surface area contributed by atoms with Crippen molar-refractivity contribution >= 4 is 18.0 Å². The molecule has 18 heavy (non-hydrogen) atoms. The molecule has 2 heteroatoms. The SMILES string of the molecule is CC1(C)C=C(CSc2ccccc2)C[C@@H]1CC=O. The number of carbonyl (C=O) groups excluding carboxylic acids is 1. The molecule has 1 aliphatic carbocycles. The molecule has 0 fully saturated rings. The van der Waals surface area contributed by atoms with E-state index >= 15 is 0 Å². The van der Waals surface area contributed by atoms with Crippen LogP contribution in [-0.2, 0) is 4.79 Å². The van der Waals surface area contributed by atoms with E-state index in [0.717, 1.165) is 18.5 Å². The molecule has 96 valence electrons. The van der Waals surface area contributed by atoms with Crippen molar-refractivity contribution in [1.82, 2.24) is 0 Å². The van der Waals surface area contributed by atoms with Crippen molar-refractivity contribution in [1.29, 1.82) is 0 Å². The van der Waals surface area contributed by atoms with E-state index in [9.17, 15) is 4.79 Å². The fraction of sp³-hybridized carbons (Fsp3) is 0.438. The molecular formula is C16H20OS. The summed E-state index contributed by atoms with van der Waals surface area (Å²) in [7, 11) is 0. The van der Waals surface area contributed by atoms with Gasteiger partial charge in [-0.3, -0.25) is 0 Å². The first-order chi connectivity index (χ1) is 8.62. The van der Waals surface area contributed by atoms with Gasteiger partial charge in [-0.1, -0.05) is 43.7 Å². The highest BCUT2D eigenvalue weighted by molar-refractivity contribution is 7.99. The Bertz CT molecular complexity index is 434. The first-order valence-corrected chi connectivity index (χ1v) is 7.42. The average Bonchev–Trinajstić information content (AvgIpc) is 2.64. The van der Waals surface area contributed by atoms with Gasteiger partial charge in [0.15, 0.2) is 0 Å². The van der Waals surface area contributed by atoms with Crippen LogP contribution in [0.3, 0.4) is 0 Å². The lowest BCUT2D eigenvalue weighted by molar-refractivity contribution is -0.109. The molecule has 1 nitrogen and oxygen atoms in total. The smallest absolute Gasteiger partial charge is 0.120 e. The minimum Gasteiger partial charge on any atom is -0.303 e. The molecule has 0 N–H and O–H groups in total. The Balaban J connectivity index is 1.93. The molecule has 1 aromatic carbocycles. The number of aldehydes is 1. The lowest BCUT2D eigenvalue weighted by atomic mass is 9.80. The maximum atomic E-state index is 10.7. The molecule has 1 aromatic rings. The topological polar surface area (TPSA) is 17.1 Å². The van der Waals surface area contributed by atoms with Crippen molar-refractivity contribution in [3.05, 3.63) is 42.0 Å². The molecule has 0 radical (unpaired) electrons. The Hall–Kier alpha value is -1.02. The molecule has 0 amide bonds. The minimum atomic E-state index is 0.174. The fourth-order valence-electron chi connectivity index (χ4n) is 2.58. The van der Waals surface area contributed by atoms with E-state index in [4.69, 9.17) is 0 Å². The van der Waals surface area contributed by atoms with E-state index in [0.29, 0.717) is 12.3 Å². The van der Waals surface area contributed by atoms with Gasteiger partial charge in [0.2, 0.25) is 0 Å². The second-order valence-corrected chi connectivity index (χ2v) is 6.58. The number of allylic oxidation sites excluding steroid dienone is 1. The third kappa shape index (κ3) is 3.26. The van der Waals surface area contributed by atoms with E-state index in [2.05, 4.69) is 44.2 Å². The summed E-state index contributed by atoms with van der Waals surface area (Å²) in [6.07, 6.45) is 5.19. The molecule has 0 spiro atoms. The number of hydrogen-bond acceptors (Lipinski definition) is 2. The molecule has 1 atom stereocenters. The van der Waals surface area contributed by atoms with Gasteiger partial charge in [-0.15, -0.1) is 11.8 Å². The van der Waals surface area contributed by atoms with Crippen molar-refractivity contribution in [2.24, 2.45) is 11.3 Å². The maximum Gasteiger partial charge on any atom is 0.120 e. The molecule has 2 rings (SSSR count). The third-order valence-electron chi connectivity index (χ3n) is 3.69. The van der Waals surface area contributed by atoms with Crippen LogP contribution in [0.4, 0.5) is 0 Å². The van der Waals surface area contributed by atoms with Crippen LogP contribution in [0.15, 0.2) is 46.9 Å². The number of thioether (sulfide) groups is 1. The first kappa shape index (κ1) is 13.4. The van der Waals surface area contributed by atoms with Crippen LogP contribution in [0.1, 0.15) is 26.7 Å². The summed E-state index contributed by atoms with van der Waals surface area (Å²) in [5.41, 5.74) is 1.66. The van der Waals surface area contributed by atoms with Gasteiger partial charge in [-0.25, -0.2) is 0 Å². The van der Waals surface area contributed by atoms with Crippen molar-refractivity contribution in [2.75, 3.05) is 5.75 Å². The van der Waals surface area contributed by atoms with Crippen LogP contribution < -0.4 is 0 Å². The zero-order valence-corrected chi connectivity index (χ0v) is 11.9. The summed E-state index contributed by atoms with van der Waals surface area (Å²) < 4.78 is 0. The van der Waals surface area contributed by atoms with Crippen molar-refractivity contribution < 1.29 is 4.79 Å². The van der Waals surface area contributed by atoms with Gasteiger partial charge in [-0.05, 0) is 29.9 Å². The van der Waals surface area contributed by atoms with Crippen molar-refractivity contribution in [3.8, 4) is 0 Å². The molecular weight excluding hydrogens is 240 g/mol. The minimum absolute atomic E-state index is 0.174. The number of benzene rings is 1. The zero-order chi connectivity index (χ0) is 13.0. The molecule has 0 saturated heterocycles. The van der Waals surface area contributed by atoms with Gasteiger partial charge in [0.25, 0.3) is 0 Å². The van der Waals surface area contributed by atoms with E-state index < -0.39 is 0 Å². The zero-order valence-electron chi connectivity index (χ0n) is 11.1. The van der Waals surface area contributed by atoms with Crippen LogP contribution in [0, 0.1) is 11.3 Å². The molecule has 0 heterocycles. The number of hydrogen-bond donors (Lipinski definition) is 0. The monoisotopic (exact) mass is 260 g/mol. The van der Waals surface area contributed by atoms with E-state index in [1.165, 1.54) is 10.5 Å². The molecule has 1 aliphatic rings. The van der Waals surface area contributed by atoms with Gasteiger partial charge in [0.1, 0.15) is 6.29 Å². The summed E-state index contributed by atoms with van der Waals surface area (Å²) in [4.78, 5) is 12.0. The third-order valence-corrected chi connectivity index (χ3v) is 4.81. The lowest BCUT2D eigenvalue weighted by Crippen LogP contribution is -2.17. The Kier molecular flexibility index (Phi) is 4.28. The van der Waals surface area contributed by atoms with E-state index in [1.807, 2.05) is 17.8 Å². The van der Waals surface area contributed by atoms with Crippen LogP contribution in [0.2, 0.25) is 0 Å². The second-order valence-electron chi connectivity index (χ2n) is 5.53. The molecule has 0 bridgehead atoms. The van der Waals surface area contributed by atoms with E-state index in [1.54, 1.807) is 0 Å². The van der Waals surface area contributed by atoms with Gasteiger partial charge >= 0.3 is 0 Å². The summed E-state index contributed by atoms with van der Waals surface area (Å²) in [6.45, 7) is 4.47. The predicted octanol–water partition coefficient (Wildman–Crippen LogP) is 4.34. The molecule has 0 saturated carbocycles. The van der Waals surface area contributed by atoms with Crippen molar-refractivity contribution in [3.63, 3.8) is 0 Å². The maximum absolute atomic E-state index is 10.7. The van der Waals surface area contributed by atoms with Crippen LogP contribution in [-0.4, -0.2) is 12.0 Å². The fourth-order valence-corrected chi connectivity index (χ4v) is 3.48. The predicted molar refractivity (Wildman–Crippen MR) is 77.8 cm³/mol. The van der Waals surface area contributed by atoms with Crippen LogP contribution in [0.5, 0.6) is 0 Å². The summed E-state index contributed by atoms with van der Waals surface area (Å²) in [6, 6.07) is 10.5. The first-order valence-electron chi connectivity index (χ1n) is 6.44. The van der Waals surface area contributed by atoms with Gasteiger partial charge in [-0.2, -0.15) is 0 Å². The van der Waals surface area contributed by atoms with Crippen LogP contribution in [0.25, 0.3) is 0 Å². The molecule has 0 unspecified atom stereocenters. The quantitative estimate of drug-likeness (QED) is 0.445. The normalized spacial score (nSPS) is 21.7. The lowest BCUT2D eigenvalue weighted by Gasteiger charge is -2.23. The number of rotatable bonds is 5. The van der Waals surface area contributed by atoms with Crippen LogP contribution >= 0.6 is 11.8 Å². The van der Waals surface area contributed by atoms with E-state index in [-0.39, 0.29) is 5.41 Å².